The molecule has 3 nitrogen and oxygen atoms in total. The summed E-state index contributed by atoms with van der Waals surface area (Å²) >= 11 is 3.22. The highest BCUT2D eigenvalue weighted by Crippen LogP contribution is 2.08. The Morgan fingerprint density at radius 1 is 1.43 bits per heavy atom. The summed E-state index contributed by atoms with van der Waals surface area (Å²) in [7, 11) is 0. The largest absolute Gasteiger partial charge is 0.392 e. The molecule has 0 aliphatic rings. The minimum absolute atomic E-state index is 0.113. The highest BCUT2D eigenvalue weighted by molar-refractivity contribution is 9.09. The van der Waals surface area contributed by atoms with Crippen LogP contribution in [0.4, 0.5) is 0 Å². The molecule has 0 unspecified atom stereocenters. The van der Waals surface area contributed by atoms with Crippen molar-refractivity contribution < 1.29 is 9.90 Å². The van der Waals surface area contributed by atoms with Crippen molar-refractivity contribution in [2.75, 3.05) is 11.9 Å². The molecule has 0 aromatic heterocycles. The third-order valence-corrected chi connectivity index (χ3v) is 2.21. The molecule has 1 aromatic rings. The van der Waals surface area contributed by atoms with Crippen LogP contribution in [0.5, 0.6) is 0 Å². The van der Waals surface area contributed by atoms with Gasteiger partial charge in [-0.25, -0.2) is 0 Å². The molecule has 0 aliphatic carbocycles. The molecule has 14 heavy (non-hydrogen) atoms. The van der Waals surface area contributed by atoms with Gasteiger partial charge in [-0.2, -0.15) is 0 Å². The van der Waals surface area contributed by atoms with Crippen molar-refractivity contribution in [2.45, 2.75) is 6.61 Å². The van der Waals surface area contributed by atoms with Crippen molar-refractivity contribution >= 4 is 21.8 Å². The second-order valence-corrected chi connectivity index (χ2v) is 3.55. The van der Waals surface area contributed by atoms with Crippen molar-refractivity contribution in [1.29, 1.82) is 0 Å². The average molecular weight is 258 g/mol. The van der Waals surface area contributed by atoms with Gasteiger partial charge < -0.3 is 10.4 Å². The average Bonchev–Trinajstić information content (AvgIpc) is 2.25. The lowest BCUT2D eigenvalue weighted by atomic mass is 10.1. The number of carbonyl (C=O) groups excluding carboxylic acids is 1. The van der Waals surface area contributed by atoms with E-state index in [9.17, 15) is 4.79 Å². The van der Waals surface area contributed by atoms with E-state index in [2.05, 4.69) is 21.2 Å². The summed E-state index contributed by atoms with van der Waals surface area (Å²) in [4.78, 5) is 11.5. The maximum atomic E-state index is 11.5. The van der Waals surface area contributed by atoms with Gasteiger partial charge in [0.1, 0.15) is 0 Å². The maximum absolute atomic E-state index is 11.5. The number of rotatable bonds is 4. The van der Waals surface area contributed by atoms with Crippen LogP contribution in [0, 0.1) is 0 Å². The summed E-state index contributed by atoms with van der Waals surface area (Å²) in [5.41, 5.74) is 1.19. The summed E-state index contributed by atoms with van der Waals surface area (Å²) in [6.07, 6.45) is 0. The Bertz CT molecular complexity index is 315. The first-order valence-corrected chi connectivity index (χ1v) is 5.44. The number of amides is 1. The van der Waals surface area contributed by atoms with E-state index >= 15 is 0 Å². The van der Waals surface area contributed by atoms with Crippen LogP contribution in [-0.4, -0.2) is 22.9 Å². The van der Waals surface area contributed by atoms with Crippen molar-refractivity contribution in [1.82, 2.24) is 5.32 Å². The predicted octanol–water partition coefficient (Wildman–Crippen LogP) is 1.30. The Balaban J connectivity index is 2.78. The van der Waals surface area contributed by atoms with Crippen LogP contribution in [0.1, 0.15) is 15.9 Å². The summed E-state index contributed by atoms with van der Waals surface area (Å²) in [6, 6.07) is 7.02. The minimum Gasteiger partial charge on any atom is -0.392 e. The molecule has 0 spiro atoms. The molecule has 0 aliphatic heterocycles. The summed E-state index contributed by atoms with van der Waals surface area (Å²) in [6.45, 7) is 0.469. The number of alkyl halides is 1. The zero-order chi connectivity index (χ0) is 10.4. The van der Waals surface area contributed by atoms with Crippen LogP contribution in [0.25, 0.3) is 0 Å². The van der Waals surface area contributed by atoms with Gasteiger partial charge in [0.05, 0.1) is 6.61 Å². The summed E-state index contributed by atoms with van der Waals surface area (Å²) in [5.74, 6) is -0.144. The fourth-order valence-electron chi connectivity index (χ4n) is 1.14. The number of halogens is 1. The lowest BCUT2D eigenvalue weighted by Crippen LogP contribution is -2.26. The van der Waals surface area contributed by atoms with Crippen molar-refractivity contribution in [3.8, 4) is 0 Å². The molecule has 1 rings (SSSR count). The summed E-state index contributed by atoms with van der Waals surface area (Å²) in [5, 5.41) is 12.5. The van der Waals surface area contributed by atoms with E-state index in [1.165, 1.54) is 0 Å². The number of aliphatic hydroxyl groups is 1. The third-order valence-electron chi connectivity index (χ3n) is 1.81. The van der Waals surface area contributed by atoms with Crippen molar-refractivity contribution in [2.24, 2.45) is 0 Å². The Morgan fingerprint density at radius 3 is 2.79 bits per heavy atom. The second kappa shape index (κ2) is 5.78. The van der Waals surface area contributed by atoms with Crippen molar-refractivity contribution in [3.05, 3.63) is 35.4 Å². The van der Waals surface area contributed by atoms with Gasteiger partial charge in [-0.05, 0) is 11.6 Å². The van der Waals surface area contributed by atoms with Gasteiger partial charge in [-0.3, -0.25) is 4.79 Å². The highest BCUT2D eigenvalue weighted by Gasteiger charge is 2.08. The van der Waals surface area contributed by atoms with Gasteiger partial charge >= 0.3 is 0 Å². The number of hydrogen-bond acceptors (Lipinski definition) is 2. The monoisotopic (exact) mass is 257 g/mol. The van der Waals surface area contributed by atoms with Crippen LogP contribution < -0.4 is 5.32 Å². The van der Waals surface area contributed by atoms with E-state index in [1.807, 2.05) is 0 Å². The van der Waals surface area contributed by atoms with E-state index in [4.69, 9.17) is 5.11 Å². The highest BCUT2D eigenvalue weighted by atomic mass is 79.9. The lowest BCUT2D eigenvalue weighted by molar-refractivity contribution is 0.0953. The van der Waals surface area contributed by atoms with Crippen LogP contribution in [0.15, 0.2) is 24.3 Å². The molecule has 0 bridgehead atoms. The Morgan fingerprint density at radius 2 is 2.14 bits per heavy atom. The number of aliphatic hydroxyl groups excluding tert-OH is 1. The number of benzene rings is 1. The molecule has 0 radical (unpaired) electrons. The van der Waals surface area contributed by atoms with E-state index in [-0.39, 0.29) is 12.5 Å². The van der Waals surface area contributed by atoms with Gasteiger partial charge in [0.15, 0.2) is 0 Å². The number of nitrogens with one attached hydrogen (secondary N) is 1. The minimum atomic E-state index is -0.144. The molecule has 1 aromatic carbocycles. The first-order valence-electron chi connectivity index (χ1n) is 4.32. The second-order valence-electron chi connectivity index (χ2n) is 2.76. The first-order chi connectivity index (χ1) is 6.79. The molecule has 76 valence electrons. The molecule has 1 amide bonds. The zero-order valence-corrected chi connectivity index (χ0v) is 9.25. The van der Waals surface area contributed by atoms with Crippen LogP contribution in [-0.2, 0) is 6.61 Å². The molecular weight excluding hydrogens is 246 g/mol. The zero-order valence-electron chi connectivity index (χ0n) is 7.66. The molecule has 0 fully saturated rings. The molecule has 0 heterocycles. The van der Waals surface area contributed by atoms with Gasteiger partial charge in [-0.1, -0.05) is 34.1 Å². The van der Waals surface area contributed by atoms with Gasteiger partial charge in [-0.15, -0.1) is 0 Å². The molecule has 0 atom stereocenters. The fraction of sp³-hybridized carbons (Fsp3) is 0.300. The van der Waals surface area contributed by atoms with Crippen LogP contribution in [0.2, 0.25) is 0 Å². The Kier molecular flexibility index (Phi) is 4.62. The third kappa shape index (κ3) is 2.82. The molecule has 4 heteroatoms. The maximum Gasteiger partial charge on any atom is 0.251 e. The summed E-state index contributed by atoms with van der Waals surface area (Å²) < 4.78 is 0. The number of hydrogen-bond donors (Lipinski definition) is 2. The normalized spacial score (nSPS) is 9.86. The van der Waals surface area contributed by atoms with E-state index < -0.39 is 0 Å². The number of carbonyl (C=O) groups is 1. The molecule has 0 saturated carbocycles. The van der Waals surface area contributed by atoms with Gasteiger partial charge in [0.25, 0.3) is 5.91 Å². The smallest absolute Gasteiger partial charge is 0.251 e. The van der Waals surface area contributed by atoms with Crippen LogP contribution >= 0.6 is 15.9 Å². The van der Waals surface area contributed by atoms with E-state index in [0.717, 1.165) is 5.33 Å². The Labute approximate surface area is 91.3 Å². The van der Waals surface area contributed by atoms with E-state index in [1.54, 1.807) is 24.3 Å². The molecule has 0 saturated heterocycles. The van der Waals surface area contributed by atoms with E-state index in [0.29, 0.717) is 17.7 Å². The topological polar surface area (TPSA) is 49.3 Å². The standard InChI is InChI=1S/C10H12BrNO2/c11-5-6-12-10(14)9-4-2-1-3-8(9)7-13/h1-4,13H,5-7H2,(H,12,14). The van der Waals surface area contributed by atoms with Crippen LogP contribution in [0.3, 0.4) is 0 Å². The quantitative estimate of drug-likeness (QED) is 0.800. The van der Waals surface area contributed by atoms with Crippen molar-refractivity contribution in [3.63, 3.8) is 0 Å². The first kappa shape index (κ1) is 11.2. The SMILES string of the molecule is O=C(NCCBr)c1ccccc1CO. The Hall–Kier alpha value is -0.870. The molecular formula is C10H12BrNO2. The van der Waals surface area contributed by atoms with Gasteiger partial charge in [0.2, 0.25) is 0 Å². The van der Waals surface area contributed by atoms with Gasteiger partial charge in [0, 0.05) is 17.4 Å². The molecule has 2 N–H and O–H groups in total. The fourth-order valence-corrected chi connectivity index (χ4v) is 1.33. The lowest BCUT2D eigenvalue weighted by Gasteiger charge is -2.06. The predicted molar refractivity (Wildman–Crippen MR) is 58.5 cm³/mol.